The van der Waals surface area contributed by atoms with Crippen LogP contribution in [0.25, 0.3) is 0 Å². The molecule has 2 aliphatic heterocycles. The van der Waals surface area contributed by atoms with E-state index in [4.69, 9.17) is 9.47 Å². The second-order valence-corrected chi connectivity index (χ2v) is 9.22. The van der Waals surface area contributed by atoms with E-state index in [0.29, 0.717) is 48.7 Å². The van der Waals surface area contributed by atoms with Crippen molar-refractivity contribution in [3.05, 3.63) is 46.8 Å². The quantitative estimate of drug-likeness (QED) is 0.659. The van der Waals surface area contributed by atoms with Crippen molar-refractivity contribution in [2.75, 3.05) is 58.4 Å². The van der Waals surface area contributed by atoms with Crippen LogP contribution in [-0.4, -0.2) is 86.1 Å². The number of nitrogens with one attached hydrogen (secondary N) is 1. The number of H-pyrrole nitrogens is 1. The molecule has 0 radical (unpaired) electrons. The van der Waals surface area contributed by atoms with Gasteiger partial charge in [0.05, 0.1) is 25.7 Å². The van der Waals surface area contributed by atoms with Crippen LogP contribution in [0.5, 0.6) is 5.75 Å². The van der Waals surface area contributed by atoms with Gasteiger partial charge in [-0.2, -0.15) is 0 Å². The average molecular weight is 483 g/mol. The number of nitrogens with zero attached hydrogens (tertiary/aromatic N) is 3. The monoisotopic (exact) mass is 482 g/mol. The fourth-order valence-corrected chi connectivity index (χ4v) is 5.13. The lowest BCUT2D eigenvalue weighted by atomic mass is 9.95. The Labute approximate surface area is 206 Å². The second kappa shape index (κ2) is 10.4. The smallest absolute Gasteiger partial charge is 0.339 e. The van der Waals surface area contributed by atoms with Gasteiger partial charge in [-0.3, -0.25) is 9.59 Å². The molecule has 9 heteroatoms. The van der Waals surface area contributed by atoms with Gasteiger partial charge in [-0.1, -0.05) is 0 Å². The van der Waals surface area contributed by atoms with E-state index in [0.717, 1.165) is 37.4 Å². The van der Waals surface area contributed by atoms with E-state index in [2.05, 4.69) is 9.88 Å². The van der Waals surface area contributed by atoms with Crippen LogP contribution in [0.15, 0.2) is 24.3 Å². The first-order valence-corrected chi connectivity index (χ1v) is 12.1. The van der Waals surface area contributed by atoms with Crippen molar-refractivity contribution in [3.8, 4) is 5.75 Å². The van der Waals surface area contributed by atoms with Gasteiger partial charge in [0.15, 0.2) is 0 Å². The van der Waals surface area contributed by atoms with E-state index in [1.54, 1.807) is 25.9 Å². The first kappa shape index (κ1) is 24.6. The molecule has 3 heterocycles. The number of anilines is 1. The highest BCUT2D eigenvalue weighted by molar-refractivity contribution is 6.00. The third-order valence-electron chi connectivity index (χ3n) is 7.13. The minimum Gasteiger partial charge on any atom is -0.497 e. The van der Waals surface area contributed by atoms with Crippen LogP contribution in [0.3, 0.4) is 0 Å². The van der Waals surface area contributed by atoms with Crippen molar-refractivity contribution < 1.29 is 23.9 Å². The lowest BCUT2D eigenvalue weighted by molar-refractivity contribution is -0.137. The number of amides is 2. The highest BCUT2D eigenvalue weighted by Crippen LogP contribution is 2.26. The summed E-state index contributed by atoms with van der Waals surface area (Å²) in [6.45, 7) is 7.34. The number of ether oxygens (including phenoxy) is 2. The molecule has 1 aromatic heterocycles. The molecule has 2 amide bonds. The summed E-state index contributed by atoms with van der Waals surface area (Å²) in [4.78, 5) is 47.7. The maximum Gasteiger partial charge on any atom is 0.339 e. The summed E-state index contributed by atoms with van der Waals surface area (Å²) < 4.78 is 10.1. The first-order valence-electron chi connectivity index (χ1n) is 12.1. The molecule has 0 saturated carbocycles. The summed E-state index contributed by atoms with van der Waals surface area (Å²) in [6, 6.07) is 7.97. The predicted molar refractivity (Wildman–Crippen MR) is 132 cm³/mol. The minimum atomic E-state index is -0.462. The molecule has 9 nitrogen and oxygen atoms in total. The summed E-state index contributed by atoms with van der Waals surface area (Å²) in [5.74, 6) is 0.0896. The third-order valence-corrected chi connectivity index (χ3v) is 7.13. The van der Waals surface area contributed by atoms with Crippen LogP contribution in [0.1, 0.15) is 44.9 Å². The fourth-order valence-electron chi connectivity index (χ4n) is 5.13. The zero-order chi connectivity index (χ0) is 25.1. The van der Waals surface area contributed by atoms with E-state index in [1.807, 2.05) is 29.2 Å². The normalized spacial score (nSPS) is 18.4. The summed E-state index contributed by atoms with van der Waals surface area (Å²) in [6.07, 6.45) is 1.55. The number of methoxy groups -OCH3 is 2. The lowest BCUT2D eigenvalue weighted by Crippen LogP contribution is -2.53. The zero-order valence-electron chi connectivity index (χ0n) is 20.9. The molecule has 2 aliphatic rings. The van der Waals surface area contributed by atoms with Gasteiger partial charge < -0.3 is 29.2 Å². The first-order chi connectivity index (χ1) is 16.8. The fraction of sp³-hybridized carbons (Fsp3) is 0.500. The summed E-state index contributed by atoms with van der Waals surface area (Å²) in [7, 11) is 2.98. The van der Waals surface area contributed by atoms with Crippen LogP contribution in [-0.2, 0) is 9.53 Å². The van der Waals surface area contributed by atoms with Crippen molar-refractivity contribution in [3.63, 3.8) is 0 Å². The molecule has 2 saturated heterocycles. The van der Waals surface area contributed by atoms with Gasteiger partial charge in [-0.05, 0) is 56.5 Å². The highest BCUT2D eigenvalue weighted by atomic mass is 16.5. The Bertz CT molecular complexity index is 1090. The Morgan fingerprint density at radius 3 is 2.26 bits per heavy atom. The topological polar surface area (TPSA) is 95.2 Å². The van der Waals surface area contributed by atoms with Crippen LogP contribution >= 0.6 is 0 Å². The molecule has 1 N–H and O–H groups in total. The summed E-state index contributed by atoms with van der Waals surface area (Å²) >= 11 is 0. The van der Waals surface area contributed by atoms with Gasteiger partial charge in [-0.25, -0.2) is 4.79 Å². The van der Waals surface area contributed by atoms with Gasteiger partial charge >= 0.3 is 5.97 Å². The molecule has 0 unspecified atom stereocenters. The number of carbonyl (C=O) groups excluding carboxylic acids is 3. The van der Waals surface area contributed by atoms with Crippen molar-refractivity contribution in [1.82, 2.24) is 14.8 Å². The number of rotatable bonds is 5. The molecule has 0 bridgehead atoms. The minimum absolute atomic E-state index is 0.117. The Morgan fingerprint density at radius 2 is 1.63 bits per heavy atom. The molecular formula is C26H34N4O5. The molecule has 4 rings (SSSR count). The van der Waals surface area contributed by atoms with E-state index in [1.165, 1.54) is 7.11 Å². The maximum absolute atomic E-state index is 13.3. The van der Waals surface area contributed by atoms with E-state index in [-0.39, 0.29) is 17.7 Å². The van der Waals surface area contributed by atoms with Crippen LogP contribution in [0.2, 0.25) is 0 Å². The molecule has 0 spiro atoms. The number of aromatic amines is 1. The largest absolute Gasteiger partial charge is 0.497 e. The number of aryl methyl sites for hydroxylation is 1. The van der Waals surface area contributed by atoms with Crippen molar-refractivity contribution in [2.45, 2.75) is 26.7 Å². The van der Waals surface area contributed by atoms with Gasteiger partial charge in [0, 0.05) is 50.6 Å². The van der Waals surface area contributed by atoms with Gasteiger partial charge in [-0.15, -0.1) is 0 Å². The van der Waals surface area contributed by atoms with Gasteiger partial charge in [0.1, 0.15) is 11.4 Å². The van der Waals surface area contributed by atoms with E-state index in [9.17, 15) is 14.4 Å². The molecule has 2 fully saturated rings. The van der Waals surface area contributed by atoms with Crippen LogP contribution < -0.4 is 9.64 Å². The maximum atomic E-state index is 13.3. The second-order valence-electron chi connectivity index (χ2n) is 9.22. The Balaban J connectivity index is 1.37. The third kappa shape index (κ3) is 4.99. The number of piperidine rings is 1. The van der Waals surface area contributed by atoms with Crippen LogP contribution in [0, 0.1) is 19.8 Å². The molecule has 188 valence electrons. The molecule has 0 aliphatic carbocycles. The van der Waals surface area contributed by atoms with Crippen molar-refractivity contribution >= 4 is 23.5 Å². The van der Waals surface area contributed by atoms with E-state index < -0.39 is 5.97 Å². The van der Waals surface area contributed by atoms with E-state index >= 15 is 0 Å². The van der Waals surface area contributed by atoms with Crippen molar-refractivity contribution in [1.29, 1.82) is 0 Å². The van der Waals surface area contributed by atoms with Gasteiger partial charge in [0.2, 0.25) is 5.91 Å². The highest BCUT2D eigenvalue weighted by Gasteiger charge is 2.34. The Kier molecular flexibility index (Phi) is 7.33. The van der Waals surface area contributed by atoms with Crippen molar-refractivity contribution in [2.24, 2.45) is 5.92 Å². The number of hydrogen-bond donors (Lipinski definition) is 1. The molecule has 1 atom stereocenters. The number of hydrogen-bond acceptors (Lipinski definition) is 6. The zero-order valence-corrected chi connectivity index (χ0v) is 20.9. The molecular weight excluding hydrogens is 448 g/mol. The number of aromatic nitrogens is 1. The predicted octanol–water partition coefficient (Wildman–Crippen LogP) is 2.63. The molecule has 35 heavy (non-hydrogen) atoms. The number of benzene rings is 1. The summed E-state index contributed by atoms with van der Waals surface area (Å²) in [5, 5.41) is 0. The van der Waals surface area contributed by atoms with Crippen LogP contribution in [0.4, 0.5) is 5.69 Å². The molecule has 1 aromatic carbocycles. The number of esters is 1. The Morgan fingerprint density at radius 1 is 0.943 bits per heavy atom. The standard InChI is InChI=1S/C26H34N4O5/c1-17-22(26(33)35-4)18(2)27-23(17)25(32)30-11-5-6-19(16-30)24(31)29-14-12-28(13-15-29)20-7-9-21(34-3)10-8-20/h7-10,19,27H,5-6,11-16H2,1-4H3/t19-/m1/s1. The number of carbonyl (C=O) groups is 3. The lowest BCUT2D eigenvalue weighted by Gasteiger charge is -2.39. The number of piperazine rings is 1. The molecule has 2 aromatic rings. The number of likely N-dealkylation sites (tertiary alicyclic amines) is 1. The Hall–Kier alpha value is -3.49. The summed E-state index contributed by atoms with van der Waals surface area (Å²) in [5.41, 5.74) is 3.11. The average Bonchev–Trinajstić information content (AvgIpc) is 3.21. The van der Waals surface area contributed by atoms with Gasteiger partial charge in [0.25, 0.3) is 5.91 Å². The SMILES string of the molecule is COC(=O)c1c(C)[nH]c(C(=O)N2CCC[C@@H](C(=O)N3CCN(c4ccc(OC)cc4)CC3)C2)c1C.